The van der Waals surface area contributed by atoms with Gasteiger partial charge in [0.25, 0.3) is 0 Å². The SMILES string of the molecule is CC(C)=CC(C)(O)Cn1nnc2ccccc21. The number of aliphatic hydroxyl groups is 1. The van der Waals surface area contributed by atoms with Gasteiger partial charge in [0.15, 0.2) is 0 Å². The van der Waals surface area contributed by atoms with Gasteiger partial charge in [-0.25, -0.2) is 4.68 Å². The van der Waals surface area contributed by atoms with Gasteiger partial charge in [0.1, 0.15) is 5.52 Å². The second kappa shape index (κ2) is 4.30. The molecule has 0 aliphatic rings. The van der Waals surface area contributed by atoms with Crippen LogP contribution in [0.2, 0.25) is 0 Å². The summed E-state index contributed by atoms with van der Waals surface area (Å²) in [7, 11) is 0. The van der Waals surface area contributed by atoms with Gasteiger partial charge in [-0.15, -0.1) is 5.10 Å². The van der Waals surface area contributed by atoms with Crippen LogP contribution in [0.5, 0.6) is 0 Å². The van der Waals surface area contributed by atoms with Crippen molar-refractivity contribution in [2.45, 2.75) is 32.9 Å². The van der Waals surface area contributed by atoms with Gasteiger partial charge in [0.2, 0.25) is 0 Å². The number of nitrogens with zero attached hydrogens (tertiary/aromatic N) is 3. The van der Waals surface area contributed by atoms with Crippen LogP contribution in [0.1, 0.15) is 20.8 Å². The predicted octanol–water partition coefficient (Wildman–Crippen LogP) is 2.15. The number of benzene rings is 1. The molecule has 2 rings (SSSR count). The van der Waals surface area contributed by atoms with Crippen LogP contribution in [0.15, 0.2) is 35.9 Å². The molecule has 0 amide bonds. The normalized spacial score (nSPS) is 14.6. The summed E-state index contributed by atoms with van der Waals surface area (Å²) in [5.41, 5.74) is 1.96. The number of hydrogen-bond acceptors (Lipinski definition) is 3. The molecule has 17 heavy (non-hydrogen) atoms. The molecule has 1 aromatic carbocycles. The minimum absolute atomic E-state index is 0.401. The minimum Gasteiger partial charge on any atom is -0.384 e. The van der Waals surface area contributed by atoms with Crippen molar-refractivity contribution in [3.63, 3.8) is 0 Å². The summed E-state index contributed by atoms with van der Waals surface area (Å²) in [5, 5.41) is 18.4. The Balaban J connectivity index is 2.33. The fourth-order valence-electron chi connectivity index (χ4n) is 2.00. The van der Waals surface area contributed by atoms with E-state index in [1.54, 1.807) is 11.6 Å². The maximum absolute atomic E-state index is 10.3. The second-order valence-corrected chi connectivity index (χ2v) is 4.81. The van der Waals surface area contributed by atoms with Gasteiger partial charge in [-0.05, 0) is 32.9 Å². The Bertz CT molecular complexity index is 551. The lowest BCUT2D eigenvalue weighted by molar-refractivity contribution is 0.0877. The molecule has 0 fully saturated rings. The molecule has 0 saturated carbocycles. The number of hydrogen-bond donors (Lipinski definition) is 1. The molecule has 2 aromatic rings. The lowest BCUT2D eigenvalue weighted by Gasteiger charge is -2.19. The molecule has 0 saturated heterocycles. The Labute approximate surface area is 101 Å². The van der Waals surface area contributed by atoms with E-state index in [4.69, 9.17) is 0 Å². The fraction of sp³-hybridized carbons (Fsp3) is 0.385. The molecule has 1 unspecified atom stereocenters. The molecule has 90 valence electrons. The average molecular weight is 231 g/mol. The quantitative estimate of drug-likeness (QED) is 0.823. The zero-order valence-corrected chi connectivity index (χ0v) is 10.4. The van der Waals surface area contributed by atoms with Crippen molar-refractivity contribution in [1.29, 1.82) is 0 Å². The zero-order valence-electron chi connectivity index (χ0n) is 10.4. The Morgan fingerprint density at radius 3 is 2.82 bits per heavy atom. The van der Waals surface area contributed by atoms with E-state index in [2.05, 4.69) is 10.3 Å². The highest BCUT2D eigenvalue weighted by Crippen LogP contribution is 2.16. The van der Waals surface area contributed by atoms with Crippen LogP contribution in [0.3, 0.4) is 0 Å². The standard InChI is InChI=1S/C13H17N3O/c1-10(2)8-13(3,17)9-16-12-7-5-4-6-11(12)14-15-16/h4-8,17H,9H2,1-3H3. The highest BCUT2D eigenvalue weighted by Gasteiger charge is 2.19. The third kappa shape index (κ3) is 2.71. The Morgan fingerprint density at radius 1 is 1.41 bits per heavy atom. The van der Waals surface area contributed by atoms with Crippen LogP contribution < -0.4 is 0 Å². The number of allylic oxidation sites excluding steroid dienone is 1. The van der Waals surface area contributed by atoms with Gasteiger partial charge in [0.05, 0.1) is 17.7 Å². The van der Waals surface area contributed by atoms with Crippen LogP contribution in [0.4, 0.5) is 0 Å². The third-order valence-electron chi connectivity index (χ3n) is 2.49. The van der Waals surface area contributed by atoms with Crippen molar-refractivity contribution in [1.82, 2.24) is 15.0 Å². The molecular formula is C13H17N3O. The number of aromatic nitrogens is 3. The molecule has 1 heterocycles. The van der Waals surface area contributed by atoms with Crippen LogP contribution in [-0.4, -0.2) is 25.7 Å². The van der Waals surface area contributed by atoms with Crippen LogP contribution in [0.25, 0.3) is 11.0 Å². The van der Waals surface area contributed by atoms with Gasteiger partial charge < -0.3 is 5.11 Å². The van der Waals surface area contributed by atoms with Gasteiger partial charge in [0, 0.05) is 0 Å². The van der Waals surface area contributed by atoms with Gasteiger partial charge in [-0.1, -0.05) is 29.0 Å². The summed E-state index contributed by atoms with van der Waals surface area (Å²) in [6.45, 7) is 6.11. The van der Waals surface area contributed by atoms with Crippen molar-refractivity contribution >= 4 is 11.0 Å². The first-order chi connectivity index (χ1) is 7.98. The first-order valence-electron chi connectivity index (χ1n) is 5.65. The van der Waals surface area contributed by atoms with Crippen molar-refractivity contribution < 1.29 is 5.11 Å². The second-order valence-electron chi connectivity index (χ2n) is 4.81. The largest absolute Gasteiger partial charge is 0.384 e. The van der Waals surface area contributed by atoms with Crippen molar-refractivity contribution in [3.8, 4) is 0 Å². The van der Waals surface area contributed by atoms with Crippen LogP contribution in [-0.2, 0) is 6.54 Å². The Hall–Kier alpha value is -1.68. The molecule has 0 aliphatic heterocycles. The van der Waals surface area contributed by atoms with E-state index in [9.17, 15) is 5.11 Å². The molecule has 4 nitrogen and oxygen atoms in total. The number of rotatable bonds is 3. The third-order valence-corrected chi connectivity index (χ3v) is 2.49. The zero-order chi connectivity index (χ0) is 12.5. The summed E-state index contributed by atoms with van der Waals surface area (Å²) in [6, 6.07) is 7.73. The molecule has 4 heteroatoms. The van der Waals surface area contributed by atoms with Crippen LogP contribution >= 0.6 is 0 Å². The minimum atomic E-state index is -0.907. The Morgan fingerprint density at radius 2 is 2.12 bits per heavy atom. The maximum atomic E-state index is 10.3. The molecular weight excluding hydrogens is 214 g/mol. The molecule has 1 atom stereocenters. The average Bonchev–Trinajstić information content (AvgIpc) is 2.59. The molecule has 1 aromatic heterocycles. The molecule has 0 radical (unpaired) electrons. The highest BCUT2D eigenvalue weighted by molar-refractivity contribution is 5.73. The highest BCUT2D eigenvalue weighted by atomic mass is 16.3. The molecule has 1 N–H and O–H groups in total. The summed E-state index contributed by atoms with van der Waals surface area (Å²) in [6.07, 6.45) is 1.84. The van der Waals surface area contributed by atoms with Crippen molar-refractivity contribution in [2.75, 3.05) is 0 Å². The fourth-order valence-corrected chi connectivity index (χ4v) is 2.00. The van der Waals surface area contributed by atoms with Gasteiger partial charge >= 0.3 is 0 Å². The van der Waals surface area contributed by atoms with E-state index in [1.165, 1.54) is 0 Å². The number of fused-ring (bicyclic) bond motifs is 1. The summed E-state index contributed by atoms with van der Waals surface area (Å²) in [4.78, 5) is 0. The summed E-state index contributed by atoms with van der Waals surface area (Å²) >= 11 is 0. The van der Waals surface area contributed by atoms with E-state index >= 15 is 0 Å². The van der Waals surface area contributed by atoms with E-state index in [0.717, 1.165) is 16.6 Å². The molecule has 0 spiro atoms. The maximum Gasteiger partial charge on any atom is 0.113 e. The molecule has 0 bridgehead atoms. The smallest absolute Gasteiger partial charge is 0.113 e. The first kappa shape index (κ1) is 11.8. The monoisotopic (exact) mass is 231 g/mol. The van der Waals surface area contributed by atoms with Crippen molar-refractivity contribution in [2.24, 2.45) is 0 Å². The van der Waals surface area contributed by atoms with E-state index in [-0.39, 0.29) is 0 Å². The lowest BCUT2D eigenvalue weighted by Crippen LogP contribution is -2.28. The van der Waals surface area contributed by atoms with Gasteiger partial charge in [-0.3, -0.25) is 0 Å². The Kier molecular flexibility index (Phi) is 2.98. The van der Waals surface area contributed by atoms with Gasteiger partial charge in [-0.2, -0.15) is 0 Å². The van der Waals surface area contributed by atoms with E-state index in [1.807, 2.05) is 44.2 Å². The topological polar surface area (TPSA) is 50.9 Å². The summed E-state index contributed by atoms with van der Waals surface area (Å²) < 4.78 is 1.73. The lowest BCUT2D eigenvalue weighted by atomic mass is 10.0. The first-order valence-corrected chi connectivity index (χ1v) is 5.65. The van der Waals surface area contributed by atoms with Crippen LogP contribution in [0, 0.1) is 0 Å². The van der Waals surface area contributed by atoms with Crippen molar-refractivity contribution in [3.05, 3.63) is 35.9 Å². The van der Waals surface area contributed by atoms with E-state index in [0.29, 0.717) is 6.54 Å². The predicted molar refractivity (Wildman–Crippen MR) is 67.6 cm³/mol. The molecule has 0 aliphatic carbocycles. The summed E-state index contributed by atoms with van der Waals surface area (Å²) in [5.74, 6) is 0. The van der Waals surface area contributed by atoms with E-state index < -0.39 is 5.60 Å². The number of para-hydroxylation sites is 1.